The maximum atomic E-state index is 13.9. The third kappa shape index (κ3) is 4.75. The standard InChI is InChI=1S/C19H19F3O3/c1-3-12-9-14(19(21)22)17(10-15(12)20)24-11-13-7-5-6-8-16(13)25-18(23)4-2/h5-10,19H,3-4,11H2,1-2H3. The normalized spacial score (nSPS) is 10.8. The first kappa shape index (κ1) is 18.8. The van der Waals surface area contributed by atoms with Gasteiger partial charge in [0.25, 0.3) is 6.43 Å². The van der Waals surface area contributed by atoms with Crippen molar-refractivity contribution in [3.8, 4) is 11.5 Å². The zero-order chi connectivity index (χ0) is 18.4. The van der Waals surface area contributed by atoms with Crippen LogP contribution in [0.4, 0.5) is 13.2 Å². The van der Waals surface area contributed by atoms with Crippen LogP contribution in [0.3, 0.4) is 0 Å². The molecular weight excluding hydrogens is 333 g/mol. The van der Waals surface area contributed by atoms with E-state index in [9.17, 15) is 18.0 Å². The zero-order valence-electron chi connectivity index (χ0n) is 14.0. The van der Waals surface area contributed by atoms with E-state index < -0.39 is 18.2 Å². The third-order valence-corrected chi connectivity index (χ3v) is 3.66. The Morgan fingerprint density at radius 2 is 1.80 bits per heavy atom. The maximum Gasteiger partial charge on any atom is 0.310 e. The highest BCUT2D eigenvalue weighted by Gasteiger charge is 2.18. The topological polar surface area (TPSA) is 35.5 Å². The van der Waals surface area contributed by atoms with Crippen LogP contribution in [0.25, 0.3) is 0 Å². The molecular formula is C19H19F3O3. The number of alkyl halides is 2. The van der Waals surface area contributed by atoms with Gasteiger partial charge in [0.1, 0.15) is 23.9 Å². The molecule has 0 spiro atoms. The lowest BCUT2D eigenvalue weighted by Crippen LogP contribution is -2.09. The molecule has 0 bridgehead atoms. The van der Waals surface area contributed by atoms with Crippen LogP contribution in [-0.4, -0.2) is 5.97 Å². The van der Waals surface area contributed by atoms with Crippen LogP contribution in [-0.2, 0) is 17.8 Å². The van der Waals surface area contributed by atoms with E-state index in [4.69, 9.17) is 9.47 Å². The number of aryl methyl sites for hydroxylation is 1. The predicted octanol–water partition coefficient (Wildman–Crippen LogP) is 5.22. The van der Waals surface area contributed by atoms with Crippen molar-refractivity contribution in [1.82, 2.24) is 0 Å². The van der Waals surface area contributed by atoms with Crippen LogP contribution in [0.1, 0.15) is 43.4 Å². The van der Waals surface area contributed by atoms with Gasteiger partial charge in [-0.1, -0.05) is 32.0 Å². The van der Waals surface area contributed by atoms with Crippen LogP contribution in [0.15, 0.2) is 36.4 Å². The first-order valence-corrected chi connectivity index (χ1v) is 7.98. The largest absolute Gasteiger partial charge is 0.488 e. The summed E-state index contributed by atoms with van der Waals surface area (Å²) in [5, 5.41) is 0. The fourth-order valence-corrected chi connectivity index (χ4v) is 2.26. The molecule has 6 heteroatoms. The Bertz CT molecular complexity index is 745. The van der Waals surface area contributed by atoms with E-state index in [1.54, 1.807) is 38.1 Å². The van der Waals surface area contributed by atoms with Gasteiger partial charge in [-0.15, -0.1) is 0 Å². The number of para-hydroxylation sites is 1. The third-order valence-electron chi connectivity index (χ3n) is 3.66. The average molecular weight is 352 g/mol. The Balaban J connectivity index is 2.24. The summed E-state index contributed by atoms with van der Waals surface area (Å²) >= 11 is 0. The van der Waals surface area contributed by atoms with Gasteiger partial charge in [-0.25, -0.2) is 13.2 Å². The lowest BCUT2D eigenvalue weighted by atomic mass is 10.1. The van der Waals surface area contributed by atoms with Crippen molar-refractivity contribution in [1.29, 1.82) is 0 Å². The Morgan fingerprint density at radius 1 is 1.08 bits per heavy atom. The number of halogens is 3. The number of rotatable bonds is 7. The molecule has 0 aliphatic rings. The molecule has 0 saturated heterocycles. The minimum absolute atomic E-state index is 0.127. The quantitative estimate of drug-likeness (QED) is 0.506. The molecule has 0 aliphatic carbocycles. The molecule has 0 fully saturated rings. The van der Waals surface area contributed by atoms with Crippen LogP contribution < -0.4 is 9.47 Å². The van der Waals surface area contributed by atoms with Gasteiger partial charge in [0.2, 0.25) is 0 Å². The van der Waals surface area contributed by atoms with Gasteiger partial charge < -0.3 is 9.47 Å². The van der Waals surface area contributed by atoms with Crippen molar-refractivity contribution in [2.24, 2.45) is 0 Å². The number of hydrogen-bond donors (Lipinski definition) is 0. The summed E-state index contributed by atoms with van der Waals surface area (Å²) in [5.74, 6) is -0.938. The smallest absolute Gasteiger partial charge is 0.310 e. The Kier molecular flexibility index (Phi) is 6.44. The van der Waals surface area contributed by atoms with Gasteiger partial charge in [-0.2, -0.15) is 0 Å². The van der Waals surface area contributed by atoms with Crippen molar-refractivity contribution >= 4 is 5.97 Å². The first-order chi connectivity index (χ1) is 12.0. The highest BCUT2D eigenvalue weighted by atomic mass is 19.3. The lowest BCUT2D eigenvalue weighted by molar-refractivity contribution is -0.134. The van der Waals surface area contributed by atoms with Gasteiger partial charge in [0.05, 0.1) is 5.56 Å². The second kappa shape index (κ2) is 8.55. The summed E-state index contributed by atoms with van der Waals surface area (Å²) in [7, 11) is 0. The minimum Gasteiger partial charge on any atom is -0.488 e. The summed E-state index contributed by atoms with van der Waals surface area (Å²) in [4.78, 5) is 11.5. The van der Waals surface area contributed by atoms with Gasteiger partial charge in [0, 0.05) is 18.1 Å². The molecule has 0 atom stereocenters. The molecule has 134 valence electrons. The molecule has 0 amide bonds. The number of carbonyl (C=O) groups excluding carboxylic acids is 1. The predicted molar refractivity (Wildman–Crippen MR) is 87.4 cm³/mol. The molecule has 0 radical (unpaired) electrons. The summed E-state index contributed by atoms with van der Waals surface area (Å²) in [6.07, 6.45) is -2.27. The fourth-order valence-electron chi connectivity index (χ4n) is 2.26. The van der Waals surface area contributed by atoms with E-state index >= 15 is 0 Å². The zero-order valence-corrected chi connectivity index (χ0v) is 14.0. The van der Waals surface area contributed by atoms with Crippen molar-refractivity contribution in [3.63, 3.8) is 0 Å². The second-order valence-electron chi connectivity index (χ2n) is 5.36. The fraction of sp³-hybridized carbons (Fsp3) is 0.316. The van der Waals surface area contributed by atoms with Gasteiger partial charge >= 0.3 is 5.97 Å². The van der Waals surface area contributed by atoms with E-state index in [2.05, 4.69) is 0 Å². The van der Waals surface area contributed by atoms with Gasteiger partial charge in [0.15, 0.2) is 0 Å². The van der Waals surface area contributed by atoms with Crippen LogP contribution >= 0.6 is 0 Å². The molecule has 0 saturated carbocycles. The number of ether oxygens (including phenoxy) is 2. The molecule has 25 heavy (non-hydrogen) atoms. The SMILES string of the molecule is CCC(=O)Oc1ccccc1COc1cc(F)c(CC)cc1C(F)F. The Morgan fingerprint density at radius 3 is 2.44 bits per heavy atom. The van der Waals surface area contributed by atoms with Crippen LogP contribution in [0.5, 0.6) is 11.5 Å². The molecule has 2 rings (SSSR count). The van der Waals surface area contributed by atoms with Crippen molar-refractivity contribution in [3.05, 3.63) is 58.9 Å². The van der Waals surface area contributed by atoms with Gasteiger partial charge in [-0.05, 0) is 24.1 Å². The van der Waals surface area contributed by atoms with E-state index in [0.717, 1.165) is 12.1 Å². The maximum absolute atomic E-state index is 13.9. The Hall–Kier alpha value is -2.50. The van der Waals surface area contributed by atoms with Crippen molar-refractivity contribution < 1.29 is 27.4 Å². The molecule has 0 heterocycles. The van der Waals surface area contributed by atoms with Crippen molar-refractivity contribution in [2.45, 2.75) is 39.7 Å². The van der Waals surface area contributed by atoms with E-state index in [0.29, 0.717) is 17.7 Å². The summed E-state index contributed by atoms with van der Waals surface area (Å²) in [6.45, 7) is 3.22. The highest BCUT2D eigenvalue weighted by Crippen LogP contribution is 2.33. The van der Waals surface area contributed by atoms with Crippen LogP contribution in [0, 0.1) is 5.82 Å². The van der Waals surface area contributed by atoms with E-state index in [1.807, 2.05) is 0 Å². The molecule has 3 nitrogen and oxygen atoms in total. The number of hydrogen-bond acceptors (Lipinski definition) is 3. The monoisotopic (exact) mass is 352 g/mol. The van der Waals surface area contributed by atoms with E-state index in [-0.39, 0.29) is 29.9 Å². The number of esters is 1. The molecule has 2 aromatic rings. The number of carbonyl (C=O) groups is 1. The van der Waals surface area contributed by atoms with Crippen molar-refractivity contribution in [2.75, 3.05) is 0 Å². The first-order valence-electron chi connectivity index (χ1n) is 7.98. The molecule has 0 aromatic heterocycles. The molecule has 0 N–H and O–H groups in total. The lowest BCUT2D eigenvalue weighted by Gasteiger charge is -2.15. The average Bonchev–Trinajstić information content (AvgIpc) is 2.60. The Labute approximate surface area is 144 Å². The van der Waals surface area contributed by atoms with Gasteiger partial charge in [-0.3, -0.25) is 4.79 Å². The minimum atomic E-state index is -2.78. The highest BCUT2D eigenvalue weighted by molar-refractivity contribution is 5.72. The summed E-state index contributed by atoms with van der Waals surface area (Å²) in [6, 6.07) is 8.72. The van der Waals surface area contributed by atoms with E-state index in [1.165, 1.54) is 0 Å². The molecule has 2 aromatic carbocycles. The number of benzene rings is 2. The molecule has 0 unspecified atom stereocenters. The summed E-state index contributed by atoms with van der Waals surface area (Å²) in [5.41, 5.74) is 0.353. The molecule has 0 aliphatic heterocycles. The summed E-state index contributed by atoms with van der Waals surface area (Å²) < 4.78 is 51.0. The van der Waals surface area contributed by atoms with Crippen LogP contribution in [0.2, 0.25) is 0 Å². The second-order valence-corrected chi connectivity index (χ2v) is 5.36.